The summed E-state index contributed by atoms with van der Waals surface area (Å²) in [7, 11) is 0. The average molecular weight is 438 g/mol. The smallest absolute Gasteiger partial charge is 0.434 e. The van der Waals surface area contributed by atoms with Crippen LogP contribution in [0.3, 0.4) is 0 Å². The number of carbonyl (C=O) groups is 2. The van der Waals surface area contributed by atoms with Crippen LogP contribution in [0.15, 0.2) is 22.4 Å². The normalized spacial score (nSPS) is 18.6. The number of ether oxygens (including phenoxy) is 3. The summed E-state index contributed by atoms with van der Waals surface area (Å²) in [6.45, 7) is 6.93. The van der Waals surface area contributed by atoms with Gasteiger partial charge >= 0.3 is 6.16 Å². The minimum absolute atomic E-state index is 0.202. The second-order valence-corrected chi connectivity index (χ2v) is 7.63. The molecule has 0 aromatic heterocycles. The molecule has 1 saturated heterocycles. The number of hydrogen-bond acceptors (Lipinski definition) is 5. The molecule has 2 aliphatic heterocycles. The van der Waals surface area contributed by atoms with Gasteiger partial charge in [-0.2, -0.15) is 0 Å². The van der Waals surface area contributed by atoms with Crippen molar-refractivity contribution >= 4 is 33.6 Å². The number of halogens is 1. The molecule has 0 unspecified atom stereocenters. The Morgan fingerprint density at radius 1 is 1.30 bits per heavy atom. The van der Waals surface area contributed by atoms with Crippen molar-refractivity contribution in [2.75, 3.05) is 19.8 Å². The molecule has 1 amide bonds. The molecule has 3 rings (SSSR count). The molecule has 146 valence electrons. The fraction of sp³-hybridized carbons (Fsp3) is 0.500. The van der Waals surface area contributed by atoms with Crippen LogP contribution in [0.25, 0.3) is 5.57 Å². The third-order valence-corrected chi connectivity index (χ3v) is 5.61. The van der Waals surface area contributed by atoms with Crippen molar-refractivity contribution in [2.24, 2.45) is 0 Å². The van der Waals surface area contributed by atoms with Crippen LogP contribution in [0.1, 0.15) is 43.4 Å². The summed E-state index contributed by atoms with van der Waals surface area (Å²) in [5, 5.41) is 3.06. The highest BCUT2D eigenvalue weighted by atomic mass is 79.9. The average Bonchev–Trinajstić information content (AvgIpc) is 2.86. The van der Waals surface area contributed by atoms with Crippen molar-refractivity contribution in [2.45, 2.75) is 45.6 Å². The van der Waals surface area contributed by atoms with Gasteiger partial charge in [0.25, 0.3) is 5.91 Å². The van der Waals surface area contributed by atoms with Crippen molar-refractivity contribution in [3.05, 3.63) is 39.1 Å². The van der Waals surface area contributed by atoms with Crippen molar-refractivity contribution in [1.82, 2.24) is 5.32 Å². The summed E-state index contributed by atoms with van der Waals surface area (Å²) in [6.07, 6.45) is 1.03. The molecule has 2 heterocycles. The van der Waals surface area contributed by atoms with Gasteiger partial charge in [-0.05, 0) is 37.5 Å². The van der Waals surface area contributed by atoms with Gasteiger partial charge in [-0.25, -0.2) is 4.79 Å². The van der Waals surface area contributed by atoms with Crippen molar-refractivity contribution in [3.8, 4) is 0 Å². The molecule has 1 spiro atoms. The lowest BCUT2D eigenvalue weighted by Gasteiger charge is -2.34. The van der Waals surface area contributed by atoms with E-state index in [9.17, 15) is 9.59 Å². The van der Waals surface area contributed by atoms with Crippen LogP contribution in [-0.4, -0.2) is 37.4 Å². The zero-order chi connectivity index (χ0) is 19.6. The molecule has 1 fully saturated rings. The zero-order valence-electron chi connectivity index (χ0n) is 15.8. The molecule has 0 radical (unpaired) electrons. The van der Waals surface area contributed by atoms with Gasteiger partial charge in [0.15, 0.2) is 5.76 Å². The molecule has 7 heteroatoms. The maximum Gasteiger partial charge on any atom is 0.513 e. The first-order valence-corrected chi connectivity index (χ1v) is 10.00. The van der Waals surface area contributed by atoms with Crippen LogP contribution in [0.2, 0.25) is 0 Å². The molecule has 0 saturated carbocycles. The number of rotatable bonds is 4. The molecule has 1 aromatic carbocycles. The summed E-state index contributed by atoms with van der Waals surface area (Å²) in [6, 6.07) is 4.02. The number of amides is 1. The van der Waals surface area contributed by atoms with E-state index < -0.39 is 11.7 Å². The predicted octanol–water partition coefficient (Wildman–Crippen LogP) is 3.88. The Morgan fingerprint density at radius 2 is 2.00 bits per heavy atom. The third-order valence-electron chi connectivity index (χ3n) is 4.98. The lowest BCUT2D eigenvalue weighted by molar-refractivity contribution is -0.117. The summed E-state index contributed by atoms with van der Waals surface area (Å²) in [4.78, 5) is 25.2. The fourth-order valence-corrected chi connectivity index (χ4v) is 4.54. The van der Waals surface area contributed by atoms with Crippen LogP contribution < -0.4 is 5.32 Å². The number of aryl methyl sites for hydroxylation is 2. The molecule has 1 aromatic rings. The minimum Gasteiger partial charge on any atom is -0.434 e. The SMILES string of the molecule is CCOC(=O)OC1=C(c2c(Br)cc(C)cc2CC)C(=O)NC12CCOCC2. The van der Waals surface area contributed by atoms with Crippen molar-refractivity contribution in [1.29, 1.82) is 0 Å². The maximum atomic E-state index is 13.0. The van der Waals surface area contributed by atoms with E-state index in [0.717, 1.165) is 27.6 Å². The van der Waals surface area contributed by atoms with Crippen LogP contribution in [-0.2, 0) is 25.4 Å². The van der Waals surface area contributed by atoms with Crippen molar-refractivity contribution < 1.29 is 23.8 Å². The van der Waals surface area contributed by atoms with Gasteiger partial charge in [0.05, 0.1) is 12.2 Å². The lowest BCUT2D eigenvalue weighted by atomic mass is 9.87. The Bertz CT molecular complexity index is 796. The first-order valence-electron chi connectivity index (χ1n) is 9.21. The quantitative estimate of drug-likeness (QED) is 0.723. The summed E-state index contributed by atoms with van der Waals surface area (Å²) < 4.78 is 16.9. The number of nitrogens with one attached hydrogen (secondary N) is 1. The molecule has 0 atom stereocenters. The summed E-state index contributed by atoms with van der Waals surface area (Å²) in [5.41, 5.74) is 2.53. The lowest BCUT2D eigenvalue weighted by Crippen LogP contribution is -2.49. The molecular formula is C20H24BrNO5. The largest absolute Gasteiger partial charge is 0.513 e. The summed E-state index contributed by atoms with van der Waals surface area (Å²) >= 11 is 3.60. The standard InChI is InChI=1S/C20H24BrNO5/c1-4-13-10-12(3)11-14(21)15(13)16-17(27-19(24)26-5-2)20(22-18(16)23)6-8-25-9-7-20/h10-11H,4-9H2,1-3H3,(H,22,23). The van der Waals surface area contributed by atoms with E-state index in [2.05, 4.69) is 27.3 Å². The second-order valence-electron chi connectivity index (χ2n) is 6.77. The van der Waals surface area contributed by atoms with Gasteiger partial charge in [-0.3, -0.25) is 4.79 Å². The van der Waals surface area contributed by atoms with Crippen LogP contribution in [0.5, 0.6) is 0 Å². The van der Waals surface area contributed by atoms with E-state index in [4.69, 9.17) is 14.2 Å². The van der Waals surface area contributed by atoms with E-state index in [1.54, 1.807) is 6.92 Å². The Morgan fingerprint density at radius 3 is 2.63 bits per heavy atom. The van der Waals surface area contributed by atoms with Gasteiger partial charge in [0.1, 0.15) is 5.54 Å². The van der Waals surface area contributed by atoms with Crippen molar-refractivity contribution in [3.63, 3.8) is 0 Å². The first-order chi connectivity index (χ1) is 12.9. The molecule has 0 bridgehead atoms. The Balaban J connectivity index is 2.19. The van der Waals surface area contributed by atoms with Gasteiger partial charge in [-0.1, -0.05) is 28.9 Å². The molecule has 1 N–H and O–H groups in total. The number of hydrogen-bond donors (Lipinski definition) is 1. The Hall–Kier alpha value is -1.86. The van der Waals surface area contributed by atoms with Gasteiger partial charge in [0.2, 0.25) is 0 Å². The Labute approximate surface area is 167 Å². The fourth-order valence-electron chi connectivity index (χ4n) is 3.73. The van der Waals surface area contributed by atoms with E-state index in [1.165, 1.54) is 0 Å². The highest BCUT2D eigenvalue weighted by molar-refractivity contribution is 9.10. The van der Waals surface area contributed by atoms with E-state index in [0.29, 0.717) is 37.4 Å². The second kappa shape index (κ2) is 8.02. The molecule has 0 aliphatic carbocycles. The van der Waals surface area contributed by atoms with E-state index >= 15 is 0 Å². The molecular weight excluding hydrogens is 414 g/mol. The van der Waals surface area contributed by atoms with Gasteiger partial charge < -0.3 is 19.5 Å². The van der Waals surface area contributed by atoms with Gasteiger partial charge in [-0.15, -0.1) is 0 Å². The summed E-state index contributed by atoms with van der Waals surface area (Å²) in [5.74, 6) is 0.101. The number of carbonyl (C=O) groups excluding carboxylic acids is 2. The van der Waals surface area contributed by atoms with Crippen LogP contribution >= 0.6 is 15.9 Å². The monoisotopic (exact) mass is 437 g/mol. The zero-order valence-corrected chi connectivity index (χ0v) is 17.4. The molecule has 6 nitrogen and oxygen atoms in total. The van der Waals surface area contributed by atoms with E-state index in [1.807, 2.05) is 19.9 Å². The highest BCUT2D eigenvalue weighted by Gasteiger charge is 2.49. The predicted molar refractivity (Wildman–Crippen MR) is 104 cm³/mol. The van der Waals surface area contributed by atoms with Crippen LogP contribution in [0.4, 0.5) is 4.79 Å². The first kappa shape index (κ1) is 19.9. The van der Waals surface area contributed by atoms with Gasteiger partial charge in [0, 0.05) is 36.1 Å². The number of benzene rings is 1. The Kier molecular flexibility index (Phi) is 5.91. The van der Waals surface area contributed by atoms with Crippen LogP contribution in [0, 0.1) is 6.92 Å². The highest BCUT2D eigenvalue weighted by Crippen LogP contribution is 2.43. The molecule has 2 aliphatic rings. The van der Waals surface area contributed by atoms with E-state index in [-0.39, 0.29) is 12.5 Å². The minimum atomic E-state index is -0.798. The topological polar surface area (TPSA) is 73.9 Å². The third kappa shape index (κ3) is 3.75. The molecule has 27 heavy (non-hydrogen) atoms. The maximum absolute atomic E-state index is 13.0.